The van der Waals surface area contributed by atoms with Crippen LogP contribution < -0.4 is 9.47 Å². The van der Waals surface area contributed by atoms with Crippen LogP contribution in [0.15, 0.2) is 54.6 Å². The van der Waals surface area contributed by atoms with E-state index >= 15 is 0 Å². The molecule has 1 saturated carbocycles. The molecule has 6 nitrogen and oxygen atoms in total. The highest BCUT2D eigenvalue weighted by atomic mass is 16.5. The first-order valence-electron chi connectivity index (χ1n) is 11.5. The number of carboxylic acid groups (broad SMARTS) is 1. The third-order valence-electron chi connectivity index (χ3n) is 6.79. The molecule has 0 aliphatic heterocycles. The van der Waals surface area contributed by atoms with E-state index in [-0.39, 0.29) is 24.2 Å². The third-order valence-corrected chi connectivity index (χ3v) is 6.79. The van der Waals surface area contributed by atoms with Crippen LogP contribution in [0, 0.1) is 12.3 Å². The molecule has 1 N–H and O–H groups in total. The molecule has 0 saturated heterocycles. The normalized spacial score (nSPS) is 20.0. The van der Waals surface area contributed by atoms with Crippen molar-refractivity contribution in [2.75, 3.05) is 7.11 Å². The molecule has 0 aromatic heterocycles. The van der Waals surface area contributed by atoms with Crippen molar-refractivity contribution in [1.29, 1.82) is 0 Å². The number of rotatable bonds is 7. The zero-order chi connectivity index (χ0) is 24.3. The first kappa shape index (κ1) is 23.6. The molecular weight excluding hydrogens is 432 g/mol. The summed E-state index contributed by atoms with van der Waals surface area (Å²) in [6, 6.07) is 17.3. The van der Waals surface area contributed by atoms with Crippen LogP contribution in [0.3, 0.4) is 0 Å². The van der Waals surface area contributed by atoms with Gasteiger partial charge in [-0.15, -0.1) is 0 Å². The van der Waals surface area contributed by atoms with Crippen molar-refractivity contribution in [3.05, 3.63) is 71.3 Å². The second kappa shape index (κ2) is 9.75. The second-order valence-electron chi connectivity index (χ2n) is 9.22. The number of fused-ring (bicyclic) bond motifs is 1. The van der Waals surface area contributed by atoms with Crippen LogP contribution in [0.5, 0.6) is 11.5 Å². The minimum absolute atomic E-state index is 0.0701. The van der Waals surface area contributed by atoms with Crippen LogP contribution in [0.2, 0.25) is 0 Å². The average molecular weight is 463 g/mol. The lowest BCUT2D eigenvalue weighted by atomic mass is 9.74. The van der Waals surface area contributed by atoms with Gasteiger partial charge in [-0.05, 0) is 73.6 Å². The predicted molar refractivity (Wildman–Crippen MR) is 129 cm³/mol. The predicted octanol–water partition coefficient (Wildman–Crippen LogP) is 5.93. The quantitative estimate of drug-likeness (QED) is 0.439. The maximum atomic E-state index is 13.0. The molecule has 6 heteroatoms. The SMILES string of the molecule is COc1cc(C)c(O[C@H]2CC[C@@](C)(C(=O)OCc3cccc4ccccc34)CC2)cc1C(=O)O. The van der Waals surface area contributed by atoms with E-state index in [1.165, 1.54) is 13.2 Å². The number of methoxy groups -OCH3 is 1. The van der Waals surface area contributed by atoms with E-state index in [0.717, 1.165) is 21.9 Å². The lowest BCUT2D eigenvalue weighted by Gasteiger charge is -2.35. The Labute approximate surface area is 199 Å². The molecule has 0 amide bonds. The minimum atomic E-state index is -1.06. The molecule has 0 radical (unpaired) electrons. The van der Waals surface area contributed by atoms with Crippen LogP contribution in [-0.4, -0.2) is 30.3 Å². The van der Waals surface area contributed by atoms with E-state index in [0.29, 0.717) is 37.2 Å². The second-order valence-corrected chi connectivity index (χ2v) is 9.22. The Balaban J connectivity index is 1.37. The van der Waals surface area contributed by atoms with E-state index in [2.05, 4.69) is 0 Å². The summed E-state index contributed by atoms with van der Waals surface area (Å²) in [5.74, 6) is -0.410. The van der Waals surface area contributed by atoms with Crippen molar-refractivity contribution >= 4 is 22.7 Å². The van der Waals surface area contributed by atoms with E-state index in [1.54, 1.807) is 6.07 Å². The third kappa shape index (κ3) is 4.86. The van der Waals surface area contributed by atoms with Crippen LogP contribution in [-0.2, 0) is 16.1 Å². The Kier molecular flexibility index (Phi) is 6.77. The highest BCUT2D eigenvalue weighted by molar-refractivity contribution is 5.91. The Hall–Kier alpha value is -3.54. The number of benzene rings is 3. The molecule has 0 heterocycles. The van der Waals surface area contributed by atoms with Gasteiger partial charge in [-0.25, -0.2) is 4.79 Å². The summed E-state index contributed by atoms with van der Waals surface area (Å²) < 4.78 is 17.1. The fraction of sp³-hybridized carbons (Fsp3) is 0.357. The zero-order valence-corrected chi connectivity index (χ0v) is 19.8. The topological polar surface area (TPSA) is 82.1 Å². The number of esters is 1. The highest BCUT2D eigenvalue weighted by Crippen LogP contribution is 2.40. The van der Waals surface area contributed by atoms with Gasteiger partial charge in [0, 0.05) is 0 Å². The van der Waals surface area contributed by atoms with Crippen molar-refractivity contribution in [2.45, 2.75) is 52.2 Å². The van der Waals surface area contributed by atoms with Crippen LogP contribution in [0.1, 0.15) is 54.1 Å². The highest BCUT2D eigenvalue weighted by Gasteiger charge is 2.39. The molecule has 4 rings (SSSR count). The maximum absolute atomic E-state index is 13.0. The fourth-order valence-corrected chi connectivity index (χ4v) is 4.59. The lowest BCUT2D eigenvalue weighted by Crippen LogP contribution is -2.37. The number of aromatic carboxylic acids is 1. The maximum Gasteiger partial charge on any atom is 0.339 e. The Morgan fingerprint density at radius 2 is 1.74 bits per heavy atom. The van der Waals surface area contributed by atoms with Crippen molar-refractivity contribution in [2.24, 2.45) is 5.41 Å². The number of carboxylic acids is 1. The Morgan fingerprint density at radius 3 is 2.44 bits per heavy atom. The van der Waals surface area contributed by atoms with Crippen molar-refractivity contribution < 1.29 is 28.9 Å². The fourth-order valence-electron chi connectivity index (χ4n) is 4.59. The molecule has 1 aliphatic carbocycles. The molecule has 34 heavy (non-hydrogen) atoms. The van der Waals surface area contributed by atoms with Crippen LogP contribution in [0.4, 0.5) is 0 Å². The van der Waals surface area contributed by atoms with Gasteiger partial charge in [-0.2, -0.15) is 0 Å². The summed E-state index contributed by atoms with van der Waals surface area (Å²) in [5, 5.41) is 11.7. The number of carbonyl (C=O) groups is 2. The average Bonchev–Trinajstić information content (AvgIpc) is 2.84. The number of hydrogen-bond donors (Lipinski definition) is 1. The molecule has 178 valence electrons. The van der Waals surface area contributed by atoms with Crippen molar-refractivity contribution in [3.63, 3.8) is 0 Å². The summed E-state index contributed by atoms with van der Waals surface area (Å²) in [6.07, 6.45) is 2.58. The summed E-state index contributed by atoms with van der Waals surface area (Å²) in [5.41, 5.74) is 1.31. The summed E-state index contributed by atoms with van der Waals surface area (Å²) in [7, 11) is 1.45. The van der Waals surface area contributed by atoms with Gasteiger partial charge in [0.05, 0.1) is 18.6 Å². The number of ether oxygens (including phenoxy) is 3. The molecule has 3 aromatic carbocycles. The Morgan fingerprint density at radius 1 is 1.03 bits per heavy atom. The standard InChI is InChI=1S/C28H30O6/c1-18-15-25(32-3)23(26(29)30)16-24(18)34-21-11-13-28(2,14-12-21)27(31)33-17-20-9-6-8-19-7-4-5-10-22(19)20/h4-10,15-16,21H,11-14,17H2,1-3H3,(H,29,30)/t21-,28+. The van der Waals surface area contributed by atoms with Gasteiger partial charge in [0.2, 0.25) is 0 Å². The molecule has 0 unspecified atom stereocenters. The lowest BCUT2D eigenvalue weighted by molar-refractivity contribution is -0.159. The summed E-state index contributed by atoms with van der Waals surface area (Å²) in [6.45, 7) is 4.07. The van der Waals surface area contributed by atoms with Gasteiger partial charge < -0.3 is 19.3 Å². The van der Waals surface area contributed by atoms with Gasteiger partial charge in [0.15, 0.2) is 0 Å². The zero-order valence-electron chi connectivity index (χ0n) is 19.8. The summed E-state index contributed by atoms with van der Waals surface area (Å²) in [4.78, 5) is 24.5. The summed E-state index contributed by atoms with van der Waals surface area (Å²) >= 11 is 0. The van der Waals surface area contributed by atoms with Gasteiger partial charge in [0.1, 0.15) is 23.7 Å². The van der Waals surface area contributed by atoms with Gasteiger partial charge >= 0.3 is 11.9 Å². The van der Waals surface area contributed by atoms with E-state index in [1.807, 2.05) is 56.3 Å². The largest absolute Gasteiger partial charge is 0.496 e. The van der Waals surface area contributed by atoms with E-state index in [9.17, 15) is 14.7 Å². The van der Waals surface area contributed by atoms with Gasteiger partial charge in [-0.3, -0.25) is 4.79 Å². The number of carbonyl (C=O) groups excluding carboxylic acids is 1. The van der Waals surface area contributed by atoms with E-state index < -0.39 is 11.4 Å². The molecule has 0 atom stereocenters. The van der Waals surface area contributed by atoms with Gasteiger partial charge in [0.25, 0.3) is 0 Å². The van der Waals surface area contributed by atoms with Crippen molar-refractivity contribution in [1.82, 2.24) is 0 Å². The molecular formula is C28H30O6. The first-order valence-corrected chi connectivity index (χ1v) is 11.5. The van der Waals surface area contributed by atoms with E-state index in [4.69, 9.17) is 14.2 Å². The van der Waals surface area contributed by atoms with Gasteiger partial charge in [-0.1, -0.05) is 42.5 Å². The first-order chi connectivity index (χ1) is 16.3. The molecule has 1 aliphatic rings. The number of hydrogen-bond acceptors (Lipinski definition) is 5. The molecule has 0 bridgehead atoms. The van der Waals surface area contributed by atoms with Crippen LogP contribution in [0.25, 0.3) is 10.8 Å². The number of aryl methyl sites for hydroxylation is 1. The Bertz CT molecular complexity index is 1200. The monoisotopic (exact) mass is 462 g/mol. The molecule has 0 spiro atoms. The molecule has 1 fully saturated rings. The smallest absolute Gasteiger partial charge is 0.339 e. The van der Waals surface area contributed by atoms with Crippen molar-refractivity contribution in [3.8, 4) is 11.5 Å². The minimum Gasteiger partial charge on any atom is -0.496 e. The van der Waals surface area contributed by atoms with Crippen LogP contribution >= 0.6 is 0 Å². The molecule has 3 aromatic rings.